The van der Waals surface area contributed by atoms with Gasteiger partial charge in [0.2, 0.25) is 0 Å². The molecule has 0 heterocycles. The maximum Gasteiger partial charge on any atom is 1.00 e. The van der Waals surface area contributed by atoms with Gasteiger partial charge in [0.25, 0.3) is 0 Å². The molecule has 0 atom stereocenters. The minimum Gasteiger partial charge on any atom is -0.0620 e. The first kappa shape index (κ1) is 48.0. The molecule has 0 aromatic heterocycles. The summed E-state index contributed by atoms with van der Waals surface area (Å²) in [6.45, 7) is 0. The molecule has 308 valence electrons. The zero-order valence-corrected chi connectivity index (χ0v) is 40.9. The summed E-state index contributed by atoms with van der Waals surface area (Å²) in [5, 5.41) is 12.2. The molecule has 0 unspecified atom stereocenters. The van der Waals surface area contributed by atoms with Crippen molar-refractivity contribution in [3.8, 4) is 0 Å². The molecule has 0 aliphatic rings. The van der Waals surface area contributed by atoms with Crippen LogP contribution in [0.15, 0.2) is 243 Å². The molecule has 0 fully saturated rings. The second-order valence-electron chi connectivity index (χ2n) is 14.5. The molecule has 8 aromatic rings. The number of hydrogen-bond acceptors (Lipinski definition) is 0. The standard InChI is InChI=1S/2C27H26P2.2Ag/c2*1-5-14-24(15-6-1)28(25-16-7-2-8-17-25)22-13-23-29(26-18-9-3-10-19-26)27-20-11-4-12-21-27;;/h2*1-12,14-21H,13,22-23H2;;/q;;2*+1/p+4. The first-order chi connectivity index (χ1) is 28.8. The van der Waals surface area contributed by atoms with Crippen LogP contribution in [0.3, 0.4) is 0 Å². The zero-order valence-electron chi connectivity index (χ0n) is 33.9. The number of hydrogen-bond donors (Lipinski definition) is 0. The minimum atomic E-state index is -0.742. The quantitative estimate of drug-likeness (QED) is 0.0669. The van der Waals surface area contributed by atoms with Gasteiger partial charge < -0.3 is 0 Å². The fourth-order valence-corrected chi connectivity index (χ4v) is 19.0. The van der Waals surface area contributed by atoms with Crippen LogP contribution in [0.25, 0.3) is 0 Å². The fraction of sp³-hybridized carbons (Fsp3) is 0.111. The van der Waals surface area contributed by atoms with Crippen molar-refractivity contribution in [1.29, 1.82) is 0 Å². The van der Waals surface area contributed by atoms with Crippen molar-refractivity contribution in [1.82, 2.24) is 0 Å². The Morgan fingerprint density at radius 3 is 0.417 bits per heavy atom. The topological polar surface area (TPSA) is 0 Å². The van der Waals surface area contributed by atoms with E-state index in [1.165, 1.54) is 79.9 Å². The Labute approximate surface area is 395 Å². The Balaban J connectivity index is 0.000000220. The van der Waals surface area contributed by atoms with E-state index in [2.05, 4.69) is 243 Å². The third kappa shape index (κ3) is 14.5. The van der Waals surface area contributed by atoms with Crippen LogP contribution in [0, 0.1) is 0 Å². The van der Waals surface area contributed by atoms with Crippen molar-refractivity contribution in [3.05, 3.63) is 243 Å². The van der Waals surface area contributed by atoms with E-state index in [1.54, 1.807) is 0 Å². The van der Waals surface area contributed by atoms with Gasteiger partial charge in [-0.15, -0.1) is 0 Å². The summed E-state index contributed by atoms with van der Waals surface area (Å²) < 4.78 is 0. The van der Waals surface area contributed by atoms with Crippen LogP contribution in [0.2, 0.25) is 0 Å². The molecule has 0 bridgehead atoms. The molecule has 0 spiro atoms. The van der Waals surface area contributed by atoms with Crippen LogP contribution in [-0.2, 0) is 44.8 Å². The van der Waals surface area contributed by atoms with Gasteiger partial charge in [-0.2, -0.15) is 0 Å². The van der Waals surface area contributed by atoms with Gasteiger partial charge in [-0.1, -0.05) is 146 Å². The minimum absolute atomic E-state index is 0. The summed E-state index contributed by atoms with van der Waals surface area (Å²) in [6.07, 6.45) is 7.68. The summed E-state index contributed by atoms with van der Waals surface area (Å²) in [4.78, 5) is 0. The van der Waals surface area contributed by atoms with E-state index in [0.717, 1.165) is 0 Å². The van der Waals surface area contributed by atoms with E-state index in [9.17, 15) is 0 Å². The van der Waals surface area contributed by atoms with E-state index < -0.39 is 31.7 Å². The van der Waals surface area contributed by atoms with Gasteiger partial charge in [-0.25, -0.2) is 0 Å². The van der Waals surface area contributed by atoms with E-state index in [-0.39, 0.29) is 44.8 Å². The van der Waals surface area contributed by atoms with E-state index in [4.69, 9.17) is 0 Å². The molecule has 0 aliphatic carbocycles. The molecular formula is C54H56Ag2P4+6. The molecule has 0 radical (unpaired) electrons. The van der Waals surface area contributed by atoms with Gasteiger partial charge in [0.15, 0.2) is 0 Å². The third-order valence-corrected chi connectivity index (χ3v) is 22.3. The van der Waals surface area contributed by atoms with Crippen molar-refractivity contribution in [2.24, 2.45) is 0 Å². The Hall–Kier alpha value is -3.04. The summed E-state index contributed by atoms with van der Waals surface area (Å²) >= 11 is 0. The molecular weight excluding hydrogens is 988 g/mol. The molecule has 0 aliphatic heterocycles. The molecule has 0 amide bonds. The summed E-state index contributed by atoms with van der Waals surface area (Å²) in [5.74, 6) is 0. The largest absolute Gasteiger partial charge is 1.00 e. The normalized spacial score (nSPS) is 10.7. The van der Waals surface area contributed by atoms with Crippen LogP contribution in [0.1, 0.15) is 12.8 Å². The van der Waals surface area contributed by atoms with E-state index >= 15 is 0 Å². The average Bonchev–Trinajstić information content (AvgIpc) is 3.32. The second-order valence-corrected chi connectivity index (χ2v) is 25.0. The van der Waals surface area contributed by atoms with Gasteiger partial charge >= 0.3 is 44.8 Å². The predicted octanol–water partition coefficient (Wildman–Crippen LogP) is 10.2. The summed E-state index contributed by atoms with van der Waals surface area (Å²) in [7, 11) is -2.97. The molecule has 8 rings (SSSR count). The molecule has 0 saturated heterocycles. The van der Waals surface area contributed by atoms with Crippen LogP contribution in [-0.4, -0.2) is 24.6 Å². The Bertz CT molecular complexity index is 1800. The summed E-state index contributed by atoms with van der Waals surface area (Å²) in [6, 6.07) is 89.1. The van der Waals surface area contributed by atoms with Crippen LogP contribution < -0.4 is 42.4 Å². The van der Waals surface area contributed by atoms with E-state index in [1.807, 2.05) is 0 Å². The molecule has 60 heavy (non-hydrogen) atoms. The Kier molecular flexibility index (Phi) is 21.7. The van der Waals surface area contributed by atoms with Crippen LogP contribution in [0.4, 0.5) is 0 Å². The first-order valence-corrected chi connectivity index (χ1v) is 27.5. The predicted molar refractivity (Wildman–Crippen MR) is 271 cm³/mol. The monoisotopic (exact) mass is 1040 g/mol. The Morgan fingerprint density at radius 2 is 0.300 bits per heavy atom. The molecule has 0 N–H and O–H groups in total. The van der Waals surface area contributed by atoms with Gasteiger partial charge in [-0.05, 0) is 97.1 Å². The van der Waals surface area contributed by atoms with Crippen molar-refractivity contribution in [2.45, 2.75) is 12.8 Å². The van der Waals surface area contributed by atoms with Crippen molar-refractivity contribution < 1.29 is 44.8 Å². The van der Waals surface area contributed by atoms with Gasteiger partial charge in [0.05, 0.1) is 98.8 Å². The van der Waals surface area contributed by atoms with Crippen LogP contribution >= 0.6 is 31.7 Å². The number of benzene rings is 8. The SMILES string of the molecule is [Ag+].[Ag+].c1ccc([PH+](CCC[PH+](c2ccccc2)c2ccccc2)c2ccccc2)cc1.c1ccc([PH+](CCC[PH+](c2ccccc2)c2ccccc2)c2ccccc2)cc1. The van der Waals surface area contributed by atoms with Crippen molar-refractivity contribution >= 4 is 74.1 Å². The number of rotatable bonds is 16. The zero-order chi connectivity index (χ0) is 39.5. The summed E-state index contributed by atoms with van der Waals surface area (Å²) in [5.41, 5.74) is 0. The maximum atomic E-state index is 2.32. The van der Waals surface area contributed by atoms with Gasteiger partial charge in [0, 0.05) is 12.8 Å². The Morgan fingerprint density at radius 1 is 0.183 bits per heavy atom. The average molecular weight is 1040 g/mol. The fourth-order valence-electron chi connectivity index (χ4n) is 7.82. The molecule has 0 saturated carbocycles. The molecule has 6 heteroatoms. The second kappa shape index (κ2) is 27.1. The molecule has 8 aromatic carbocycles. The third-order valence-electron chi connectivity index (χ3n) is 10.7. The van der Waals surface area contributed by atoms with Gasteiger partial charge in [-0.3, -0.25) is 0 Å². The smallest absolute Gasteiger partial charge is 0.0620 e. The van der Waals surface area contributed by atoms with Crippen molar-refractivity contribution in [3.63, 3.8) is 0 Å². The first-order valence-electron chi connectivity index (χ1n) is 20.7. The van der Waals surface area contributed by atoms with Crippen LogP contribution in [0.5, 0.6) is 0 Å². The molecule has 0 nitrogen and oxygen atoms in total. The van der Waals surface area contributed by atoms with Gasteiger partial charge in [0.1, 0.15) is 0 Å². The van der Waals surface area contributed by atoms with Crippen molar-refractivity contribution in [2.75, 3.05) is 24.6 Å². The maximum absolute atomic E-state index is 2.32. The van der Waals surface area contributed by atoms with E-state index in [0.29, 0.717) is 0 Å².